The Labute approximate surface area is 161 Å². The van der Waals surface area contributed by atoms with Crippen LogP contribution >= 0.6 is 0 Å². The number of aryl methyl sites for hydroxylation is 1. The van der Waals surface area contributed by atoms with Gasteiger partial charge in [-0.2, -0.15) is 0 Å². The molecule has 0 saturated heterocycles. The summed E-state index contributed by atoms with van der Waals surface area (Å²) in [6.45, 7) is 0.984. The van der Waals surface area contributed by atoms with E-state index in [-0.39, 0.29) is 0 Å². The van der Waals surface area contributed by atoms with Gasteiger partial charge in [0.1, 0.15) is 5.75 Å². The van der Waals surface area contributed by atoms with Gasteiger partial charge in [-0.1, -0.05) is 48.9 Å². The zero-order valence-electron chi connectivity index (χ0n) is 15.9. The van der Waals surface area contributed by atoms with Gasteiger partial charge in [-0.25, -0.2) is 0 Å². The smallest absolute Gasteiger partial charge is 0.120 e. The maximum absolute atomic E-state index is 5.31. The van der Waals surface area contributed by atoms with Gasteiger partial charge in [0.05, 0.1) is 7.11 Å². The van der Waals surface area contributed by atoms with E-state index in [1.807, 2.05) is 6.07 Å². The molecule has 0 saturated carbocycles. The number of methoxy groups -OCH3 is 1. The molecule has 2 heterocycles. The number of hydrogen-bond donors (Lipinski definition) is 2. The van der Waals surface area contributed by atoms with Crippen molar-refractivity contribution >= 4 is 10.9 Å². The molecule has 140 valence electrons. The van der Waals surface area contributed by atoms with Crippen molar-refractivity contribution in [1.82, 2.24) is 10.3 Å². The number of rotatable bonds is 7. The van der Waals surface area contributed by atoms with E-state index >= 15 is 0 Å². The number of fused-ring (bicyclic) bond motifs is 1. The molecule has 0 spiro atoms. The maximum Gasteiger partial charge on any atom is 0.120 e. The Morgan fingerprint density at radius 1 is 1.07 bits per heavy atom. The predicted molar refractivity (Wildman–Crippen MR) is 113 cm³/mol. The first-order valence-electron chi connectivity index (χ1n) is 9.94. The van der Waals surface area contributed by atoms with Crippen LogP contribution < -0.4 is 10.1 Å². The number of benzene rings is 2. The van der Waals surface area contributed by atoms with Crippen LogP contribution in [0.25, 0.3) is 10.9 Å². The lowest BCUT2D eigenvalue weighted by molar-refractivity contribution is 0.415. The van der Waals surface area contributed by atoms with Gasteiger partial charge < -0.3 is 15.0 Å². The molecule has 1 aromatic heterocycles. The predicted octanol–water partition coefficient (Wildman–Crippen LogP) is 5.20. The zero-order chi connectivity index (χ0) is 18.5. The maximum atomic E-state index is 5.31. The normalized spacial score (nSPS) is 19.4. The van der Waals surface area contributed by atoms with E-state index < -0.39 is 0 Å². The lowest BCUT2D eigenvalue weighted by atomic mass is 9.86. The van der Waals surface area contributed by atoms with E-state index in [0.717, 1.165) is 24.2 Å². The fourth-order valence-corrected chi connectivity index (χ4v) is 4.17. The fourth-order valence-electron chi connectivity index (χ4n) is 4.17. The average molecular weight is 361 g/mol. The van der Waals surface area contributed by atoms with Crippen LogP contribution in [0.4, 0.5) is 0 Å². The quantitative estimate of drug-likeness (QED) is 0.449. The molecule has 3 aromatic rings. The highest BCUT2D eigenvalue weighted by Gasteiger charge is 2.22. The summed E-state index contributed by atoms with van der Waals surface area (Å²) in [4.78, 5) is 3.38. The van der Waals surface area contributed by atoms with Crippen LogP contribution in [0.5, 0.6) is 5.75 Å². The highest BCUT2D eigenvalue weighted by atomic mass is 16.5. The summed E-state index contributed by atoms with van der Waals surface area (Å²) in [6.07, 6.45) is 11.6. The molecule has 1 aliphatic rings. The molecule has 0 bridgehead atoms. The lowest BCUT2D eigenvalue weighted by Crippen LogP contribution is -2.37. The molecular formula is C24H28N2O. The van der Waals surface area contributed by atoms with Gasteiger partial charge >= 0.3 is 0 Å². The largest absolute Gasteiger partial charge is 0.497 e. The van der Waals surface area contributed by atoms with Crippen LogP contribution in [-0.2, 0) is 6.42 Å². The number of aromatic nitrogens is 1. The van der Waals surface area contributed by atoms with E-state index in [0.29, 0.717) is 12.0 Å². The van der Waals surface area contributed by atoms with Crippen molar-refractivity contribution in [3.63, 3.8) is 0 Å². The van der Waals surface area contributed by atoms with Crippen molar-refractivity contribution in [2.45, 2.75) is 37.6 Å². The Morgan fingerprint density at radius 3 is 2.81 bits per heavy atom. The molecule has 2 aromatic carbocycles. The van der Waals surface area contributed by atoms with Crippen molar-refractivity contribution in [1.29, 1.82) is 0 Å². The Balaban J connectivity index is 1.34. The first-order valence-corrected chi connectivity index (χ1v) is 9.94. The van der Waals surface area contributed by atoms with Gasteiger partial charge in [-0.05, 0) is 42.5 Å². The second kappa shape index (κ2) is 8.45. The Kier molecular flexibility index (Phi) is 5.59. The van der Waals surface area contributed by atoms with Gasteiger partial charge in [0, 0.05) is 41.7 Å². The first-order chi connectivity index (χ1) is 13.3. The van der Waals surface area contributed by atoms with Gasteiger partial charge in [-0.3, -0.25) is 0 Å². The Morgan fingerprint density at radius 2 is 1.96 bits per heavy atom. The first kappa shape index (κ1) is 17.9. The number of aromatic amines is 1. The van der Waals surface area contributed by atoms with Crippen LogP contribution in [0.1, 0.15) is 36.3 Å². The highest BCUT2D eigenvalue weighted by molar-refractivity contribution is 5.84. The third kappa shape index (κ3) is 4.09. The van der Waals surface area contributed by atoms with Crippen LogP contribution in [0, 0.1) is 0 Å². The Bertz CT molecular complexity index is 897. The van der Waals surface area contributed by atoms with Gasteiger partial charge in [0.2, 0.25) is 0 Å². The van der Waals surface area contributed by atoms with E-state index in [2.05, 4.69) is 71.1 Å². The molecule has 2 N–H and O–H groups in total. The second-order valence-corrected chi connectivity index (χ2v) is 7.35. The van der Waals surface area contributed by atoms with E-state index in [1.54, 1.807) is 7.11 Å². The molecule has 2 atom stereocenters. The van der Waals surface area contributed by atoms with E-state index in [1.165, 1.54) is 35.8 Å². The van der Waals surface area contributed by atoms with Gasteiger partial charge in [0.15, 0.2) is 0 Å². The zero-order valence-corrected chi connectivity index (χ0v) is 15.9. The SMILES string of the molecule is COc1ccc2c(CCCCC3NCC=CC3c3ccccc3)c[nH]c2c1. The van der Waals surface area contributed by atoms with Gasteiger partial charge in [-0.15, -0.1) is 0 Å². The van der Waals surface area contributed by atoms with Gasteiger partial charge in [0.25, 0.3) is 0 Å². The third-order valence-electron chi connectivity index (χ3n) is 5.65. The van der Waals surface area contributed by atoms with Crippen molar-refractivity contribution in [3.8, 4) is 5.75 Å². The fraction of sp³-hybridized carbons (Fsp3) is 0.333. The molecule has 0 fully saturated rings. The number of hydrogen-bond acceptors (Lipinski definition) is 2. The molecule has 3 heteroatoms. The molecule has 0 radical (unpaired) electrons. The molecule has 27 heavy (non-hydrogen) atoms. The highest BCUT2D eigenvalue weighted by Crippen LogP contribution is 2.28. The summed E-state index contributed by atoms with van der Waals surface area (Å²) in [5.41, 5.74) is 3.98. The average Bonchev–Trinajstić information content (AvgIpc) is 3.14. The Hall–Kier alpha value is -2.52. The lowest BCUT2D eigenvalue weighted by Gasteiger charge is -2.29. The molecule has 2 unspecified atom stereocenters. The number of nitrogens with one attached hydrogen (secondary N) is 2. The van der Waals surface area contributed by atoms with E-state index in [4.69, 9.17) is 4.74 Å². The summed E-state index contributed by atoms with van der Waals surface area (Å²) in [5.74, 6) is 1.39. The summed E-state index contributed by atoms with van der Waals surface area (Å²) < 4.78 is 5.31. The monoisotopic (exact) mass is 360 g/mol. The summed E-state index contributed by atoms with van der Waals surface area (Å²) in [6, 6.07) is 17.7. The number of ether oxygens (including phenoxy) is 1. The summed E-state index contributed by atoms with van der Waals surface area (Å²) in [5, 5.41) is 5.01. The van der Waals surface area contributed by atoms with Crippen LogP contribution in [-0.4, -0.2) is 24.7 Å². The van der Waals surface area contributed by atoms with Crippen LogP contribution in [0.15, 0.2) is 66.9 Å². The minimum absolute atomic E-state index is 0.487. The molecule has 1 aliphatic heterocycles. The number of H-pyrrole nitrogens is 1. The topological polar surface area (TPSA) is 37.0 Å². The third-order valence-corrected chi connectivity index (χ3v) is 5.65. The molecular weight excluding hydrogens is 332 g/mol. The van der Waals surface area contributed by atoms with Crippen LogP contribution in [0.2, 0.25) is 0 Å². The second-order valence-electron chi connectivity index (χ2n) is 7.35. The van der Waals surface area contributed by atoms with Crippen molar-refractivity contribution in [2.24, 2.45) is 0 Å². The van der Waals surface area contributed by atoms with E-state index in [9.17, 15) is 0 Å². The van der Waals surface area contributed by atoms with Crippen molar-refractivity contribution in [2.75, 3.05) is 13.7 Å². The standard InChI is InChI=1S/C24H28N2O/c1-27-20-13-14-22-19(17-26-24(22)16-20)10-5-6-12-23-21(11-7-15-25-23)18-8-3-2-4-9-18/h2-4,7-9,11,13-14,16-17,21,23,25-26H,5-6,10,12,15H2,1H3. The summed E-state index contributed by atoms with van der Waals surface area (Å²) in [7, 11) is 1.71. The molecule has 3 nitrogen and oxygen atoms in total. The van der Waals surface area contributed by atoms with Crippen molar-refractivity contribution in [3.05, 3.63) is 78.0 Å². The van der Waals surface area contributed by atoms with Crippen molar-refractivity contribution < 1.29 is 4.74 Å². The minimum Gasteiger partial charge on any atom is -0.497 e. The van der Waals surface area contributed by atoms with Crippen LogP contribution in [0.3, 0.4) is 0 Å². The summed E-state index contributed by atoms with van der Waals surface area (Å²) >= 11 is 0. The molecule has 0 aliphatic carbocycles. The molecule has 4 rings (SSSR count). The number of unbranched alkanes of at least 4 members (excludes halogenated alkanes) is 1. The molecule has 0 amide bonds. The minimum atomic E-state index is 0.487.